The summed E-state index contributed by atoms with van der Waals surface area (Å²) in [5.41, 5.74) is 7.41. The number of Topliss-reactive ketones (excluding diaryl/α,β-unsaturated/α-hetero) is 1. The van der Waals surface area contributed by atoms with Gasteiger partial charge in [0.15, 0.2) is 5.78 Å². The molecule has 0 aliphatic heterocycles. The van der Waals surface area contributed by atoms with E-state index in [2.05, 4.69) is 15.9 Å². The smallest absolute Gasteiger partial charge is 0.179 e. The summed E-state index contributed by atoms with van der Waals surface area (Å²) in [6, 6.07) is 1.19. The minimum Gasteiger partial charge on any atom is -0.506 e. The van der Waals surface area contributed by atoms with Gasteiger partial charge in [0.2, 0.25) is 0 Å². The summed E-state index contributed by atoms with van der Waals surface area (Å²) >= 11 is 3.26. The Kier molecular flexibility index (Phi) is 3.52. The maximum absolute atomic E-state index is 11.7. The number of phenolic OH excluding ortho intramolecular Hbond substituents is 1. The number of aromatic hydroxyl groups is 1. The average Bonchev–Trinajstić information content (AvgIpc) is 2.19. The van der Waals surface area contributed by atoms with Crippen molar-refractivity contribution in [3.8, 4) is 5.75 Å². The fourth-order valence-corrected chi connectivity index (χ4v) is 1.78. The summed E-state index contributed by atoms with van der Waals surface area (Å²) in [4.78, 5) is 11.7. The molecule has 1 rings (SSSR count). The zero-order valence-electron chi connectivity index (χ0n) is 8.97. The number of carbonyl (C=O) groups excluding carboxylic acids is 1. The molecular formula is C11H14BrNO2. The highest BCUT2D eigenvalue weighted by Crippen LogP contribution is 2.33. The van der Waals surface area contributed by atoms with Gasteiger partial charge in [-0.15, -0.1) is 0 Å². The van der Waals surface area contributed by atoms with Crippen molar-refractivity contribution in [1.82, 2.24) is 0 Å². The number of rotatable bonds is 2. The Morgan fingerprint density at radius 1 is 1.53 bits per heavy atom. The Bertz CT molecular complexity index is 414. The lowest BCUT2D eigenvalue weighted by atomic mass is 9.98. The molecule has 1 atom stereocenters. The topological polar surface area (TPSA) is 63.3 Å². The van der Waals surface area contributed by atoms with E-state index in [1.807, 2.05) is 6.92 Å². The third kappa shape index (κ3) is 2.21. The summed E-state index contributed by atoms with van der Waals surface area (Å²) < 4.78 is 0.626. The number of aryl methyl sites for hydroxylation is 1. The predicted octanol–water partition coefficient (Wildman–Crippen LogP) is 2.30. The first kappa shape index (κ1) is 12.2. The molecule has 0 saturated heterocycles. The highest BCUT2D eigenvalue weighted by Gasteiger charge is 2.18. The molecule has 15 heavy (non-hydrogen) atoms. The molecule has 0 aliphatic carbocycles. The number of hydrogen-bond donors (Lipinski definition) is 2. The first-order valence-corrected chi connectivity index (χ1v) is 5.44. The molecule has 0 saturated carbocycles. The molecular weight excluding hydrogens is 258 g/mol. The molecule has 4 heteroatoms. The van der Waals surface area contributed by atoms with Crippen molar-refractivity contribution in [2.45, 2.75) is 26.8 Å². The number of halogens is 1. The molecule has 0 bridgehead atoms. The average molecular weight is 272 g/mol. The molecule has 0 aliphatic rings. The van der Waals surface area contributed by atoms with Gasteiger partial charge in [-0.05, 0) is 48.3 Å². The van der Waals surface area contributed by atoms with Crippen molar-refractivity contribution >= 4 is 21.7 Å². The Morgan fingerprint density at radius 3 is 2.53 bits per heavy atom. The second-order valence-electron chi connectivity index (χ2n) is 3.68. The SMILES string of the molecule is Cc1cc(C(=O)C(C)N)c(C)c(O)c1Br. The fraction of sp³-hybridized carbons (Fsp3) is 0.364. The van der Waals surface area contributed by atoms with Crippen molar-refractivity contribution in [2.24, 2.45) is 5.73 Å². The van der Waals surface area contributed by atoms with Gasteiger partial charge in [-0.2, -0.15) is 0 Å². The largest absolute Gasteiger partial charge is 0.506 e. The van der Waals surface area contributed by atoms with Crippen LogP contribution in [0.15, 0.2) is 10.5 Å². The maximum Gasteiger partial charge on any atom is 0.179 e. The van der Waals surface area contributed by atoms with Crippen molar-refractivity contribution in [3.05, 3.63) is 27.2 Å². The summed E-state index contributed by atoms with van der Waals surface area (Å²) in [6.07, 6.45) is 0. The third-order valence-corrected chi connectivity index (χ3v) is 3.35. The van der Waals surface area contributed by atoms with E-state index < -0.39 is 6.04 Å². The van der Waals surface area contributed by atoms with E-state index in [0.29, 0.717) is 15.6 Å². The maximum atomic E-state index is 11.7. The molecule has 1 unspecified atom stereocenters. The number of carbonyl (C=O) groups is 1. The minimum absolute atomic E-state index is 0.110. The summed E-state index contributed by atoms with van der Waals surface area (Å²) in [7, 11) is 0. The van der Waals surface area contributed by atoms with Gasteiger partial charge in [0.25, 0.3) is 0 Å². The molecule has 0 aromatic heterocycles. The van der Waals surface area contributed by atoms with Crippen LogP contribution in [0.5, 0.6) is 5.75 Å². The van der Waals surface area contributed by atoms with E-state index in [1.165, 1.54) is 0 Å². The van der Waals surface area contributed by atoms with E-state index in [-0.39, 0.29) is 11.5 Å². The quantitative estimate of drug-likeness (QED) is 0.812. The van der Waals surface area contributed by atoms with Gasteiger partial charge in [0.1, 0.15) is 5.75 Å². The van der Waals surface area contributed by atoms with Crippen LogP contribution in [-0.2, 0) is 0 Å². The minimum atomic E-state index is -0.552. The fourth-order valence-electron chi connectivity index (χ4n) is 1.37. The molecule has 82 valence electrons. The van der Waals surface area contributed by atoms with Crippen LogP contribution in [0.3, 0.4) is 0 Å². The van der Waals surface area contributed by atoms with Crippen LogP contribution < -0.4 is 5.73 Å². The summed E-state index contributed by atoms with van der Waals surface area (Å²) in [5.74, 6) is -0.0441. The van der Waals surface area contributed by atoms with Crippen LogP contribution in [0.2, 0.25) is 0 Å². The van der Waals surface area contributed by atoms with Crippen LogP contribution in [0.1, 0.15) is 28.4 Å². The number of phenols is 1. The monoisotopic (exact) mass is 271 g/mol. The van der Waals surface area contributed by atoms with Crippen LogP contribution in [0, 0.1) is 13.8 Å². The van der Waals surface area contributed by atoms with Crippen LogP contribution >= 0.6 is 15.9 Å². The van der Waals surface area contributed by atoms with Gasteiger partial charge in [0, 0.05) is 11.1 Å². The molecule has 0 radical (unpaired) electrons. The van der Waals surface area contributed by atoms with Gasteiger partial charge < -0.3 is 10.8 Å². The normalized spacial score (nSPS) is 12.6. The van der Waals surface area contributed by atoms with E-state index >= 15 is 0 Å². The van der Waals surface area contributed by atoms with Crippen LogP contribution in [-0.4, -0.2) is 16.9 Å². The standard InChI is InChI=1S/C11H14BrNO2/c1-5-4-8(11(15)7(3)13)6(2)10(14)9(5)12/h4,7,14H,13H2,1-3H3. The zero-order chi connectivity index (χ0) is 11.7. The van der Waals surface area contributed by atoms with Crippen molar-refractivity contribution in [2.75, 3.05) is 0 Å². The molecule has 0 fully saturated rings. The Labute approximate surface area is 97.4 Å². The first-order chi connectivity index (χ1) is 6.86. The molecule has 0 spiro atoms. The Morgan fingerprint density at radius 2 is 2.07 bits per heavy atom. The highest BCUT2D eigenvalue weighted by molar-refractivity contribution is 9.10. The van der Waals surface area contributed by atoms with E-state index in [9.17, 15) is 9.90 Å². The highest BCUT2D eigenvalue weighted by atomic mass is 79.9. The van der Waals surface area contributed by atoms with E-state index in [0.717, 1.165) is 5.56 Å². The lowest BCUT2D eigenvalue weighted by molar-refractivity contribution is 0.0967. The van der Waals surface area contributed by atoms with Crippen molar-refractivity contribution in [1.29, 1.82) is 0 Å². The zero-order valence-corrected chi connectivity index (χ0v) is 10.6. The van der Waals surface area contributed by atoms with Gasteiger partial charge >= 0.3 is 0 Å². The van der Waals surface area contributed by atoms with Gasteiger partial charge in [0.05, 0.1) is 10.5 Å². The van der Waals surface area contributed by atoms with Gasteiger partial charge in [-0.1, -0.05) is 0 Å². The Hall–Kier alpha value is -0.870. The first-order valence-electron chi connectivity index (χ1n) is 4.64. The lowest BCUT2D eigenvalue weighted by Crippen LogP contribution is -2.27. The molecule has 1 aromatic carbocycles. The molecule has 0 amide bonds. The van der Waals surface area contributed by atoms with Gasteiger partial charge in [-0.25, -0.2) is 0 Å². The number of hydrogen-bond acceptors (Lipinski definition) is 3. The van der Waals surface area contributed by atoms with Crippen molar-refractivity contribution < 1.29 is 9.90 Å². The van der Waals surface area contributed by atoms with E-state index in [4.69, 9.17) is 5.73 Å². The number of nitrogens with two attached hydrogens (primary N) is 1. The van der Waals surface area contributed by atoms with Crippen molar-refractivity contribution in [3.63, 3.8) is 0 Å². The molecule has 1 aromatic rings. The molecule has 3 nitrogen and oxygen atoms in total. The summed E-state index contributed by atoms with van der Waals surface area (Å²) in [6.45, 7) is 5.16. The molecule has 0 heterocycles. The van der Waals surface area contributed by atoms with E-state index in [1.54, 1.807) is 19.9 Å². The second kappa shape index (κ2) is 4.33. The lowest BCUT2D eigenvalue weighted by Gasteiger charge is -2.12. The second-order valence-corrected chi connectivity index (χ2v) is 4.47. The number of ketones is 1. The Balaban J connectivity index is 3.39. The molecule has 3 N–H and O–H groups in total. The van der Waals surface area contributed by atoms with Crippen LogP contribution in [0.25, 0.3) is 0 Å². The third-order valence-electron chi connectivity index (χ3n) is 2.35. The predicted molar refractivity (Wildman–Crippen MR) is 63.3 cm³/mol. The number of benzene rings is 1. The van der Waals surface area contributed by atoms with Crippen LogP contribution in [0.4, 0.5) is 0 Å². The van der Waals surface area contributed by atoms with Gasteiger partial charge in [-0.3, -0.25) is 4.79 Å². The summed E-state index contributed by atoms with van der Waals surface area (Å²) in [5, 5.41) is 9.76.